The number of nitro groups is 1. The van der Waals surface area contributed by atoms with Crippen molar-refractivity contribution in [1.29, 1.82) is 0 Å². The van der Waals surface area contributed by atoms with Gasteiger partial charge in [-0.2, -0.15) is 0 Å². The van der Waals surface area contributed by atoms with Gasteiger partial charge in [-0.3, -0.25) is 24.6 Å². The molecule has 7 nitrogen and oxygen atoms in total. The molecule has 2 aromatic rings. The van der Waals surface area contributed by atoms with Crippen molar-refractivity contribution < 1.29 is 14.5 Å². The number of rotatable bonds is 10. The summed E-state index contributed by atoms with van der Waals surface area (Å²) in [6.45, 7) is 3.46. The third-order valence-corrected chi connectivity index (χ3v) is 4.64. The summed E-state index contributed by atoms with van der Waals surface area (Å²) in [6, 6.07) is 16.1. The van der Waals surface area contributed by atoms with Gasteiger partial charge in [-0.15, -0.1) is 0 Å². The van der Waals surface area contributed by atoms with Gasteiger partial charge in [0.05, 0.1) is 4.92 Å². The smallest absolute Gasteiger partial charge is 0.269 e. The number of imide groups is 1. The summed E-state index contributed by atoms with van der Waals surface area (Å²) in [5, 5.41) is 10.7. The Morgan fingerprint density at radius 1 is 1.00 bits per heavy atom. The first-order chi connectivity index (χ1) is 14.4. The average Bonchev–Trinajstić information content (AvgIpc) is 2.72. The van der Waals surface area contributed by atoms with Crippen LogP contribution in [0.25, 0.3) is 6.08 Å². The van der Waals surface area contributed by atoms with Crippen LogP contribution in [0.15, 0.2) is 60.7 Å². The van der Waals surface area contributed by atoms with E-state index < -0.39 is 10.8 Å². The lowest BCUT2D eigenvalue weighted by molar-refractivity contribution is -0.384. The van der Waals surface area contributed by atoms with E-state index in [4.69, 9.17) is 0 Å². The van der Waals surface area contributed by atoms with Crippen LogP contribution in [0, 0.1) is 10.1 Å². The number of non-ortho nitro benzene ring substituents is 1. The minimum absolute atomic E-state index is 0.0129. The Kier molecular flexibility index (Phi) is 8.90. The molecule has 0 saturated carbocycles. The van der Waals surface area contributed by atoms with Gasteiger partial charge < -0.3 is 4.90 Å². The number of carbonyl (C=O) groups excluding carboxylic acids is 2. The number of carbonyl (C=O) groups is 2. The molecule has 30 heavy (non-hydrogen) atoms. The molecule has 0 aromatic heterocycles. The Labute approximate surface area is 176 Å². The molecule has 2 aromatic carbocycles. The number of unbranched alkanes of at least 4 members (excludes halogenated alkanes) is 1. The highest BCUT2D eigenvalue weighted by molar-refractivity contribution is 6.02. The lowest BCUT2D eigenvalue weighted by Crippen LogP contribution is -2.35. The minimum atomic E-state index is -0.479. The van der Waals surface area contributed by atoms with E-state index in [9.17, 15) is 19.7 Å². The molecule has 158 valence electrons. The second kappa shape index (κ2) is 11.6. The number of nitro benzene ring substituents is 1. The van der Waals surface area contributed by atoms with Crippen molar-refractivity contribution in [3.8, 4) is 0 Å². The summed E-state index contributed by atoms with van der Waals surface area (Å²) in [7, 11) is 2.05. The maximum atomic E-state index is 12.4. The molecule has 0 atom stereocenters. The van der Waals surface area contributed by atoms with Gasteiger partial charge in [-0.25, -0.2) is 0 Å². The summed E-state index contributed by atoms with van der Waals surface area (Å²) in [6.07, 6.45) is 4.46. The lowest BCUT2D eigenvalue weighted by Gasteiger charge is -2.19. The first-order valence-electron chi connectivity index (χ1n) is 9.84. The summed E-state index contributed by atoms with van der Waals surface area (Å²) in [4.78, 5) is 37.9. The van der Waals surface area contributed by atoms with Gasteiger partial charge in [0.25, 0.3) is 11.6 Å². The minimum Gasteiger partial charge on any atom is -0.302 e. The molecule has 0 radical (unpaired) electrons. The van der Waals surface area contributed by atoms with Crippen molar-refractivity contribution in [3.63, 3.8) is 0 Å². The third-order valence-electron chi connectivity index (χ3n) is 4.64. The zero-order valence-corrected chi connectivity index (χ0v) is 17.4. The van der Waals surface area contributed by atoms with Crippen LogP contribution < -0.4 is 0 Å². The third kappa shape index (κ3) is 7.60. The van der Waals surface area contributed by atoms with Crippen molar-refractivity contribution in [3.05, 3.63) is 81.9 Å². The van der Waals surface area contributed by atoms with Crippen molar-refractivity contribution >= 4 is 23.6 Å². The molecule has 0 aliphatic carbocycles. The predicted molar refractivity (Wildman–Crippen MR) is 117 cm³/mol. The zero-order chi connectivity index (χ0) is 21.9. The van der Waals surface area contributed by atoms with E-state index >= 15 is 0 Å². The van der Waals surface area contributed by atoms with E-state index in [2.05, 4.69) is 17.0 Å². The number of hydrogen-bond acceptors (Lipinski definition) is 5. The maximum Gasteiger partial charge on any atom is 0.269 e. The largest absolute Gasteiger partial charge is 0.302 e. The fourth-order valence-electron chi connectivity index (χ4n) is 3.01. The van der Waals surface area contributed by atoms with E-state index in [0.29, 0.717) is 12.1 Å². The Balaban J connectivity index is 1.80. The van der Waals surface area contributed by atoms with Gasteiger partial charge >= 0.3 is 0 Å². The van der Waals surface area contributed by atoms with Crippen LogP contribution in [-0.4, -0.2) is 46.7 Å². The topological polar surface area (TPSA) is 83.8 Å². The first kappa shape index (κ1) is 23.0. The van der Waals surface area contributed by atoms with E-state index in [-0.39, 0.29) is 11.6 Å². The van der Waals surface area contributed by atoms with Crippen molar-refractivity contribution in [2.45, 2.75) is 26.3 Å². The van der Waals surface area contributed by atoms with Gasteiger partial charge in [0.1, 0.15) is 0 Å². The van der Waals surface area contributed by atoms with Crippen molar-refractivity contribution in [2.24, 2.45) is 0 Å². The van der Waals surface area contributed by atoms with E-state index in [1.54, 1.807) is 18.2 Å². The highest BCUT2D eigenvalue weighted by Gasteiger charge is 2.15. The summed E-state index contributed by atoms with van der Waals surface area (Å²) < 4.78 is 0. The average molecular weight is 409 g/mol. The number of nitrogens with zero attached hydrogens (tertiary/aromatic N) is 3. The molecule has 7 heteroatoms. The van der Waals surface area contributed by atoms with E-state index in [1.165, 1.54) is 35.6 Å². The summed E-state index contributed by atoms with van der Waals surface area (Å²) in [5.74, 6) is -0.690. The van der Waals surface area contributed by atoms with Crippen LogP contribution in [0.1, 0.15) is 30.9 Å². The van der Waals surface area contributed by atoms with Crippen molar-refractivity contribution in [1.82, 2.24) is 9.80 Å². The highest BCUT2D eigenvalue weighted by atomic mass is 16.6. The molecule has 0 spiro atoms. The first-order valence-corrected chi connectivity index (χ1v) is 9.84. The van der Waals surface area contributed by atoms with Crippen LogP contribution in [0.5, 0.6) is 0 Å². The molecule has 0 fully saturated rings. The van der Waals surface area contributed by atoms with Crippen molar-refractivity contribution in [2.75, 3.05) is 20.1 Å². The molecule has 0 saturated heterocycles. The van der Waals surface area contributed by atoms with Gasteiger partial charge in [0, 0.05) is 38.2 Å². The Morgan fingerprint density at radius 3 is 2.23 bits per heavy atom. The normalized spacial score (nSPS) is 11.0. The molecular formula is C23H27N3O4. The molecular weight excluding hydrogens is 382 g/mol. The van der Waals surface area contributed by atoms with Gasteiger partial charge in [0.2, 0.25) is 5.91 Å². The van der Waals surface area contributed by atoms with Crippen LogP contribution in [0.2, 0.25) is 0 Å². The SMILES string of the molecule is CC(=O)N(CCCCN(C)Cc1ccccc1)C(=O)C=Cc1ccc([N+](=O)[O-])cc1. The van der Waals surface area contributed by atoms with Gasteiger partial charge in [-0.1, -0.05) is 30.3 Å². The number of benzene rings is 2. The second-order valence-corrected chi connectivity index (χ2v) is 7.12. The fourth-order valence-corrected chi connectivity index (χ4v) is 3.01. The van der Waals surface area contributed by atoms with Crippen LogP contribution >= 0.6 is 0 Å². The molecule has 2 rings (SSSR count). The summed E-state index contributed by atoms with van der Waals surface area (Å²) in [5.41, 5.74) is 1.89. The molecule has 0 unspecified atom stereocenters. The Morgan fingerprint density at radius 2 is 1.63 bits per heavy atom. The highest BCUT2D eigenvalue weighted by Crippen LogP contribution is 2.13. The molecule has 0 aliphatic heterocycles. The number of amides is 2. The standard InChI is InChI=1S/C23H27N3O4/c1-19(27)25(17-7-6-16-24(2)18-21-8-4-3-5-9-21)23(28)15-12-20-10-13-22(14-11-20)26(29)30/h3-5,8-15H,6-7,16-18H2,1-2H3. The molecule has 0 aliphatic rings. The van der Waals surface area contributed by atoms with Gasteiger partial charge in [-0.05, 0) is 55.8 Å². The Hall–Kier alpha value is -3.32. The summed E-state index contributed by atoms with van der Waals surface area (Å²) >= 11 is 0. The van der Waals surface area contributed by atoms with E-state index in [0.717, 1.165) is 25.9 Å². The maximum absolute atomic E-state index is 12.4. The van der Waals surface area contributed by atoms with Crippen LogP contribution in [0.3, 0.4) is 0 Å². The Bertz CT molecular complexity index is 879. The fraction of sp³-hybridized carbons (Fsp3) is 0.304. The zero-order valence-electron chi connectivity index (χ0n) is 17.4. The molecule has 0 bridgehead atoms. The van der Waals surface area contributed by atoms with Gasteiger partial charge in [0.15, 0.2) is 0 Å². The lowest BCUT2D eigenvalue weighted by atomic mass is 10.2. The monoisotopic (exact) mass is 409 g/mol. The number of hydrogen-bond donors (Lipinski definition) is 0. The molecule has 0 N–H and O–H groups in total. The second-order valence-electron chi connectivity index (χ2n) is 7.12. The molecule has 2 amide bonds. The quantitative estimate of drug-likeness (QED) is 0.257. The predicted octanol–water partition coefficient (Wildman–Crippen LogP) is 3.90. The van der Waals surface area contributed by atoms with E-state index in [1.807, 2.05) is 25.2 Å². The van der Waals surface area contributed by atoms with Crippen LogP contribution in [0.4, 0.5) is 5.69 Å². The van der Waals surface area contributed by atoms with Crippen LogP contribution in [-0.2, 0) is 16.1 Å². The molecule has 0 heterocycles.